The van der Waals surface area contributed by atoms with Gasteiger partial charge >= 0.3 is 0 Å². The maximum absolute atomic E-state index is 5.58. The standard InChI is InChI=1S/C8H6ClNOS/c9-4-6-5-11-8(10-6)7-2-1-3-12-7/h1-3,5H,4H2. The molecule has 2 aromatic rings. The molecule has 0 aliphatic heterocycles. The number of rotatable bonds is 2. The van der Waals surface area contributed by atoms with Gasteiger partial charge in [0.15, 0.2) is 0 Å². The number of hydrogen-bond acceptors (Lipinski definition) is 3. The van der Waals surface area contributed by atoms with Gasteiger partial charge in [0.25, 0.3) is 0 Å². The molecule has 0 fully saturated rings. The maximum atomic E-state index is 5.58. The lowest BCUT2D eigenvalue weighted by Gasteiger charge is -1.84. The van der Waals surface area contributed by atoms with E-state index >= 15 is 0 Å². The summed E-state index contributed by atoms with van der Waals surface area (Å²) in [5, 5.41) is 1.99. The molecule has 0 saturated carbocycles. The first-order valence-corrected chi connectivity index (χ1v) is 4.86. The van der Waals surface area contributed by atoms with E-state index < -0.39 is 0 Å². The van der Waals surface area contributed by atoms with E-state index in [2.05, 4.69) is 4.98 Å². The zero-order valence-corrected chi connectivity index (χ0v) is 7.73. The molecule has 0 aromatic carbocycles. The van der Waals surface area contributed by atoms with Crippen LogP contribution in [0.2, 0.25) is 0 Å². The molecule has 0 aliphatic carbocycles. The van der Waals surface area contributed by atoms with E-state index in [1.165, 1.54) is 0 Å². The fraction of sp³-hybridized carbons (Fsp3) is 0.125. The largest absolute Gasteiger partial charge is 0.444 e. The van der Waals surface area contributed by atoms with E-state index in [9.17, 15) is 0 Å². The van der Waals surface area contributed by atoms with Crippen LogP contribution in [-0.4, -0.2) is 4.98 Å². The normalized spacial score (nSPS) is 10.4. The smallest absolute Gasteiger partial charge is 0.236 e. The number of oxazole rings is 1. The number of nitrogens with zero attached hydrogens (tertiary/aromatic N) is 1. The second-order valence-corrected chi connectivity index (χ2v) is 3.47. The summed E-state index contributed by atoms with van der Waals surface area (Å²) in [6, 6.07) is 3.93. The minimum absolute atomic E-state index is 0.398. The molecule has 12 heavy (non-hydrogen) atoms. The molecule has 0 spiro atoms. The number of thiophene rings is 1. The highest BCUT2D eigenvalue weighted by Gasteiger charge is 2.05. The topological polar surface area (TPSA) is 26.0 Å². The fourth-order valence-electron chi connectivity index (χ4n) is 0.882. The van der Waals surface area contributed by atoms with Crippen LogP contribution < -0.4 is 0 Å². The quantitative estimate of drug-likeness (QED) is 0.695. The number of aromatic nitrogens is 1. The van der Waals surface area contributed by atoms with E-state index in [0.29, 0.717) is 11.8 Å². The summed E-state index contributed by atoms with van der Waals surface area (Å²) in [4.78, 5) is 5.22. The SMILES string of the molecule is ClCc1coc(-c2cccs2)n1. The molecule has 0 amide bonds. The van der Waals surface area contributed by atoms with Crippen LogP contribution in [0, 0.1) is 0 Å². The van der Waals surface area contributed by atoms with Crippen molar-refractivity contribution in [2.24, 2.45) is 0 Å². The molecule has 0 radical (unpaired) electrons. The summed E-state index contributed by atoms with van der Waals surface area (Å²) in [5.41, 5.74) is 0.778. The van der Waals surface area contributed by atoms with E-state index in [-0.39, 0.29) is 0 Å². The van der Waals surface area contributed by atoms with Crippen LogP contribution >= 0.6 is 22.9 Å². The Labute approximate surface area is 78.8 Å². The predicted octanol–water partition coefficient (Wildman–Crippen LogP) is 3.14. The Bertz CT molecular complexity index is 355. The van der Waals surface area contributed by atoms with Gasteiger partial charge < -0.3 is 4.42 Å². The lowest BCUT2D eigenvalue weighted by molar-refractivity contribution is 0.575. The highest BCUT2D eigenvalue weighted by atomic mass is 35.5. The third kappa shape index (κ3) is 1.38. The Morgan fingerprint density at radius 3 is 3.08 bits per heavy atom. The van der Waals surface area contributed by atoms with Gasteiger partial charge in [0, 0.05) is 0 Å². The number of hydrogen-bond donors (Lipinski definition) is 0. The lowest BCUT2D eigenvalue weighted by Crippen LogP contribution is -1.75. The summed E-state index contributed by atoms with van der Waals surface area (Å²) in [6.45, 7) is 0. The molecule has 0 atom stereocenters. The van der Waals surface area contributed by atoms with Crippen LogP contribution in [-0.2, 0) is 5.88 Å². The van der Waals surface area contributed by atoms with Crippen LogP contribution in [0.4, 0.5) is 0 Å². The Hall–Kier alpha value is -0.800. The number of halogens is 1. The average Bonchev–Trinajstić information content (AvgIpc) is 2.75. The molecule has 2 rings (SSSR count). The van der Waals surface area contributed by atoms with Gasteiger partial charge in [0.05, 0.1) is 16.5 Å². The van der Waals surface area contributed by atoms with Crippen molar-refractivity contribution in [3.05, 3.63) is 29.5 Å². The predicted molar refractivity (Wildman–Crippen MR) is 49.4 cm³/mol. The second-order valence-electron chi connectivity index (χ2n) is 2.25. The minimum Gasteiger partial charge on any atom is -0.444 e. The van der Waals surface area contributed by atoms with Crippen LogP contribution in [0.3, 0.4) is 0 Å². The van der Waals surface area contributed by atoms with Crippen LogP contribution in [0.15, 0.2) is 28.2 Å². The zero-order valence-electron chi connectivity index (χ0n) is 6.16. The first-order valence-electron chi connectivity index (χ1n) is 3.44. The van der Waals surface area contributed by atoms with E-state index in [4.69, 9.17) is 16.0 Å². The van der Waals surface area contributed by atoms with Crippen molar-refractivity contribution in [3.63, 3.8) is 0 Å². The molecule has 0 saturated heterocycles. The fourth-order valence-corrected chi connectivity index (χ4v) is 1.66. The molecule has 2 heterocycles. The Balaban J connectivity index is 2.35. The van der Waals surface area contributed by atoms with Crippen LogP contribution in [0.25, 0.3) is 10.8 Å². The molecule has 62 valence electrons. The minimum atomic E-state index is 0.398. The number of alkyl halides is 1. The molecule has 4 heteroatoms. The van der Waals surface area contributed by atoms with Crippen LogP contribution in [0.5, 0.6) is 0 Å². The van der Waals surface area contributed by atoms with Gasteiger partial charge in [-0.3, -0.25) is 0 Å². The van der Waals surface area contributed by atoms with Gasteiger partial charge in [-0.25, -0.2) is 4.98 Å². The van der Waals surface area contributed by atoms with Gasteiger partial charge in [-0.15, -0.1) is 22.9 Å². The Morgan fingerprint density at radius 2 is 2.50 bits per heavy atom. The maximum Gasteiger partial charge on any atom is 0.236 e. The summed E-state index contributed by atoms with van der Waals surface area (Å²) < 4.78 is 5.21. The van der Waals surface area contributed by atoms with E-state index in [1.54, 1.807) is 17.6 Å². The van der Waals surface area contributed by atoms with Crippen molar-refractivity contribution in [2.45, 2.75) is 5.88 Å². The highest BCUT2D eigenvalue weighted by Crippen LogP contribution is 2.23. The summed E-state index contributed by atoms with van der Waals surface area (Å²) in [7, 11) is 0. The monoisotopic (exact) mass is 199 g/mol. The molecule has 2 aromatic heterocycles. The van der Waals surface area contributed by atoms with Crippen molar-refractivity contribution in [1.82, 2.24) is 4.98 Å². The second kappa shape index (κ2) is 3.29. The van der Waals surface area contributed by atoms with Gasteiger partial charge in [0.1, 0.15) is 6.26 Å². The summed E-state index contributed by atoms with van der Waals surface area (Å²) in [6.07, 6.45) is 1.59. The Morgan fingerprint density at radius 1 is 1.58 bits per heavy atom. The summed E-state index contributed by atoms with van der Waals surface area (Å²) >= 11 is 7.18. The average molecular weight is 200 g/mol. The molecule has 2 nitrogen and oxygen atoms in total. The van der Waals surface area contributed by atoms with Gasteiger partial charge in [-0.05, 0) is 11.4 Å². The third-order valence-corrected chi connectivity index (χ3v) is 2.55. The molecular formula is C8H6ClNOS. The Kier molecular flexibility index (Phi) is 2.15. The van der Waals surface area contributed by atoms with Crippen LogP contribution in [0.1, 0.15) is 5.69 Å². The van der Waals surface area contributed by atoms with Crippen molar-refractivity contribution in [2.75, 3.05) is 0 Å². The van der Waals surface area contributed by atoms with Crippen molar-refractivity contribution in [3.8, 4) is 10.8 Å². The first-order chi connectivity index (χ1) is 5.90. The molecule has 0 bridgehead atoms. The molecule has 0 N–H and O–H groups in total. The molecular weight excluding hydrogens is 194 g/mol. The third-order valence-electron chi connectivity index (χ3n) is 1.42. The van der Waals surface area contributed by atoms with Crippen molar-refractivity contribution >= 4 is 22.9 Å². The molecule has 0 aliphatic rings. The summed E-state index contributed by atoms with van der Waals surface area (Å²) in [5.74, 6) is 1.05. The highest BCUT2D eigenvalue weighted by molar-refractivity contribution is 7.13. The van der Waals surface area contributed by atoms with E-state index in [1.807, 2.05) is 17.5 Å². The van der Waals surface area contributed by atoms with Gasteiger partial charge in [-0.1, -0.05) is 6.07 Å². The molecule has 0 unspecified atom stereocenters. The van der Waals surface area contributed by atoms with Gasteiger partial charge in [-0.2, -0.15) is 0 Å². The zero-order chi connectivity index (χ0) is 8.39. The van der Waals surface area contributed by atoms with E-state index in [0.717, 1.165) is 10.6 Å². The van der Waals surface area contributed by atoms with Gasteiger partial charge in [0.2, 0.25) is 5.89 Å². The van der Waals surface area contributed by atoms with Crippen molar-refractivity contribution < 1.29 is 4.42 Å². The lowest BCUT2D eigenvalue weighted by atomic mass is 10.5. The van der Waals surface area contributed by atoms with Crippen molar-refractivity contribution in [1.29, 1.82) is 0 Å². The first kappa shape index (κ1) is 7.83.